The molecule has 0 aliphatic carbocycles. The minimum Gasteiger partial charge on any atom is -0.319 e. The van der Waals surface area contributed by atoms with Crippen LogP contribution in [-0.4, -0.2) is 25.7 Å². The minimum atomic E-state index is -0.473. The number of benzene rings is 1. The number of carbonyl (C=O) groups is 1. The molecule has 7 nitrogen and oxygen atoms in total. The maximum Gasteiger partial charge on any atom is 0.276 e. The fourth-order valence-electron chi connectivity index (χ4n) is 3.10. The van der Waals surface area contributed by atoms with Crippen molar-refractivity contribution >= 4 is 34.8 Å². The molecule has 0 fully saturated rings. The molecule has 1 amide bonds. The van der Waals surface area contributed by atoms with Crippen LogP contribution >= 0.6 is 23.2 Å². The second kappa shape index (κ2) is 8.96. The van der Waals surface area contributed by atoms with Crippen molar-refractivity contribution in [2.75, 3.05) is 5.32 Å². The van der Waals surface area contributed by atoms with E-state index in [0.717, 1.165) is 0 Å². The molecule has 0 spiro atoms. The molecule has 0 atom stereocenters. The molecule has 0 aliphatic heterocycles. The van der Waals surface area contributed by atoms with Crippen LogP contribution in [0.5, 0.6) is 0 Å². The molecule has 4 rings (SSSR count). The van der Waals surface area contributed by atoms with Crippen LogP contribution in [0.4, 0.5) is 5.69 Å². The number of hydrogen-bond donors (Lipinski definition) is 1. The molecule has 152 valence electrons. The summed E-state index contributed by atoms with van der Waals surface area (Å²) in [6.45, 7) is 0. The Morgan fingerprint density at radius 2 is 1.87 bits per heavy atom. The van der Waals surface area contributed by atoms with Gasteiger partial charge in [-0.05, 0) is 36.4 Å². The third-order valence-corrected chi connectivity index (χ3v) is 4.98. The van der Waals surface area contributed by atoms with Gasteiger partial charge >= 0.3 is 0 Å². The highest BCUT2D eigenvalue weighted by Crippen LogP contribution is 2.32. The van der Waals surface area contributed by atoms with Gasteiger partial charge in [-0.15, -0.1) is 0 Å². The van der Waals surface area contributed by atoms with E-state index in [1.54, 1.807) is 60.9 Å². The Morgan fingerprint density at radius 1 is 1.10 bits per heavy atom. The van der Waals surface area contributed by atoms with Gasteiger partial charge in [-0.1, -0.05) is 35.3 Å². The zero-order valence-corrected chi connectivity index (χ0v) is 17.5. The van der Waals surface area contributed by atoms with Gasteiger partial charge in [0.15, 0.2) is 11.5 Å². The number of nitrogens with zero attached hydrogens (tertiary/aromatic N) is 5. The molecule has 0 saturated carbocycles. The lowest BCUT2D eigenvalue weighted by Gasteiger charge is -2.09. The summed E-state index contributed by atoms with van der Waals surface area (Å²) in [6.07, 6.45) is 4.66. The third kappa shape index (κ3) is 4.26. The van der Waals surface area contributed by atoms with Gasteiger partial charge in [0, 0.05) is 28.5 Å². The number of aromatic nitrogens is 4. The highest BCUT2D eigenvalue weighted by molar-refractivity contribution is 6.32. The van der Waals surface area contributed by atoms with Crippen LogP contribution < -0.4 is 5.32 Å². The average Bonchev–Trinajstić information content (AvgIpc) is 3.15. The molecule has 1 N–H and O–H groups in total. The van der Waals surface area contributed by atoms with E-state index in [4.69, 9.17) is 23.2 Å². The lowest BCUT2D eigenvalue weighted by Crippen LogP contribution is -2.15. The predicted molar refractivity (Wildman–Crippen MR) is 118 cm³/mol. The van der Waals surface area contributed by atoms with Crippen LogP contribution in [0, 0.1) is 11.3 Å². The number of nitrogens with one attached hydrogen (secondary N) is 1. The fraction of sp³-hybridized carbons (Fsp3) is 0.0455. The van der Waals surface area contributed by atoms with E-state index >= 15 is 0 Å². The third-order valence-electron chi connectivity index (χ3n) is 4.43. The Balaban J connectivity index is 1.92. The average molecular weight is 449 g/mol. The zero-order chi connectivity index (χ0) is 21.8. The van der Waals surface area contributed by atoms with Crippen LogP contribution in [0.15, 0.2) is 67.1 Å². The Kier molecular flexibility index (Phi) is 5.94. The number of anilines is 1. The first-order valence-electron chi connectivity index (χ1n) is 9.15. The Hall–Kier alpha value is -3.73. The predicted octanol–water partition coefficient (Wildman–Crippen LogP) is 4.95. The number of hydrogen-bond acceptors (Lipinski definition) is 5. The van der Waals surface area contributed by atoms with Crippen molar-refractivity contribution < 1.29 is 4.79 Å². The molecular weight excluding hydrogens is 435 g/mol. The van der Waals surface area contributed by atoms with Gasteiger partial charge in [0.05, 0.1) is 35.1 Å². The van der Waals surface area contributed by atoms with Gasteiger partial charge in [0.2, 0.25) is 0 Å². The molecule has 31 heavy (non-hydrogen) atoms. The molecule has 0 radical (unpaired) electrons. The first-order valence-corrected chi connectivity index (χ1v) is 9.91. The highest BCUT2D eigenvalue weighted by Gasteiger charge is 2.26. The van der Waals surface area contributed by atoms with E-state index in [9.17, 15) is 10.1 Å². The zero-order valence-electron chi connectivity index (χ0n) is 16.0. The fourth-order valence-corrected chi connectivity index (χ4v) is 3.42. The van der Waals surface area contributed by atoms with Gasteiger partial charge in [0.25, 0.3) is 5.91 Å². The van der Waals surface area contributed by atoms with E-state index in [2.05, 4.69) is 26.5 Å². The summed E-state index contributed by atoms with van der Waals surface area (Å²) in [5, 5.41) is 17.7. The maximum atomic E-state index is 13.1. The molecule has 4 aromatic rings. The van der Waals surface area contributed by atoms with Crippen molar-refractivity contribution in [1.29, 1.82) is 5.26 Å². The first-order chi connectivity index (χ1) is 15.1. The number of rotatable bonds is 5. The van der Waals surface area contributed by atoms with E-state index in [0.29, 0.717) is 38.4 Å². The lowest BCUT2D eigenvalue weighted by molar-refractivity contribution is 0.102. The van der Waals surface area contributed by atoms with Crippen molar-refractivity contribution in [1.82, 2.24) is 19.7 Å². The van der Waals surface area contributed by atoms with Gasteiger partial charge in [-0.3, -0.25) is 9.78 Å². The summed E-state index contributed by atoms with van der Waals surface area (Å²) in [5.74, 6) is -0.131. The summed E-state index contributed by atoms with van der Waals surface area (Å²) in [4.78, 5) is 21.4. The summed E-state index contributed by atoms with van der Waals surface area (Å²) >= 11 is 12.4. The molecular formula is C22H14Cl2N6O. The van der Waals surface area contributed by atoms with E-state index < -0.39 is 5.91 Å². The highest BCUT2D eigenvalue weighted by atomic mass is 35.5. The molecule has 0 unspecified atom stereocenters. The SMILES string of the molecule is N#CCc1c(C(=O)Nc2cccnc2)nn(-c2ncccc2Cl)c1-c1ccc(Cl)cc1. The number of amides is 1. The van der Waals surface area contributed by atoms with Gasteiger partial charge in [0.1, 0.15) is 0 Å². The monoisotopic (exact) mass is 448 g/mol. The second-order valence-corrected chi connectivity index (χ2v) is 7.28. The summed E-state index contributed by atoms with van der Waals surface area (Å²) in [7, 11) is 0. The molecule has 0 bridgehead atoms. The smallest absolute Gasteiger partial charge is 0.276 e. The summed E-state index contributed by atoms with van der Waals surface area (Å²) in [5.41, 5.74) is 2.30. The van der Waals surface area contributed by atoms with E-state index in [1.165, 1.54) is 10.9 Å². The van der Waals surface area contributed by atoms with Gasteiger partial charge in [-0.25, -0.2) is 9.67 Å². The van der Waals surface area contributed by atoms with Crippen LogP contribution in [0.1, 0.15) is 16.1 Å². The molecule has 0 saturated heterocycles. The van der Waals surface area contributed by atoms with Crippen molar-refractivity contribution in [3.8, 4) is 23.1 Å². The molecule has 1 aromatic carbocycles. The van der Waals surface area contributed by atoms with Crippen molar-refractivity contribution in [2.24, 2.45) is 0 Å². The van der Waals surface area contributed by atoms with E-state index in [-0.39, 0.29) is 12.1 Å². The van der Waals surface area contributed by atoms with Crippen LogP contribution in [0.2, 0.25) is 10.0 Å². The minimum absolute atomic E-state index is 0.0434. The number of nitriles is 1. The molecule has 9 heteroatoms. The Morgan fingerprint density at radius 3 is 2.55 bits per heavy atom. The van der Waals surface area contributed by atoms with Crippen LogP contribution in [0.3, 0.4) is 0 Å². The molecule has 3 aromatic heterocycles. The Labute approximate surface area is 187 Å². The topological polar surface area (TPSA) is 96.5 Å². The van der Waals surface area contributed by atoms with E-state index in [1.807, 2.05) is 0 Å². The normalized spacial score (nSPS) is 10.5. The first kappa shape index (κ1) is 20.5. The molecule has 3 heterocycles. The molecule has 0 aliphatic rings. The standard InChI is InChI=1S/C22H14Cl2N6O/c23-15-7-5-14(6-8-15)20-17(9-10-25)19(22(31)28-16-3-1-11-26-13-16)29-30(20)21-18(24)4-2-12-27-21/h1-8,11-13H,9H2,(H,28,31). The number of pyridine rings is 2. The summed E-state index contributed by atoms with van der Waals surface area (Å²) in [6, 6.07) is 15.9. The maximum absolute atomic E-state index is 13.1. The number of carbonyl (C=O) groups excluding carboxylic acids is 1. The van der Waals surface area contributed by atoms with Gasteiger partial charge in [-0.2, -0.15) is 10.4 Å². The quantitative estimate of drug-likeness (QED) is 0.465. The number of halogens is 2. The van der Waals surface area contributed by atoms with Gasteiger partial charge < -0.3 is 5.32 Å². The second-order valence-electron chi connectivity index (χ2n) is 6.43. The van der Waals surface area contributed by atoms with Crippen molar-refractivity contribution in [3.63, 3.8) is 0 Å². The van der Waals surface area contributed by atoms with Crippen LogP contribution in [0.25, 0.3) is 17.1 Å². The van der Waals surface area contributed by atoms with Crippen molar-refractivity contribution in [2.45, 2.75) is 6.42 Å². The summed E-state index contributed by atoms with van der Waals surface area (Å²) < 4.78 is 1.48. The van der Waals surface area contributed by atoms with Crippen molar-refractivity contribution in [3.05, 3.63) is 88.4 Å². The lowest BCUT2D eigenvalue weighted by atomic mass is 10.0. The largest absolute Gasteiger partial charge is 0.319 e. The van der Waals surface area contributed by atoms with Crippen LogP contribution in [-0.2, 0) is 6.42 Å². The Bertz CT molecular complexity index is 1280.